The largest absolute Gasteiger partial charge is 0.496 e. The van der Waals surface area contributed by atoms with E-state index in [-0.39, 0.29) is 18.0 Å². The molecule has 0 bridgehead atoms. The van der Waals surface area contributed by atoms with Gasteiger partial charge in [0.2, 0.25) is 0 Å². The fourth-order valence-corrected chi connectivity index (χ4v) is 4.72. The second-order valence-electron chi connectivity index (χ2n) is 6.89. The lowest BCUT2D eigenvalue weighted by Gasteiger charge is -2.41. The summed E-state index contributed by atoms with van der Waals surface area (Å²) in [6.07, 6.45) is 0. The molecule has 1 aliphatic heterocycles. The molecule has 0 radical (unpaired) electrons. The van der Waals surface area contributed by atoms with E-state index >= 15 is 0 Å². The topological polar surface area (TPSA) is 44.8 Å². The second kappa shape index (κ2) is 9.35. The Balaban J connectivity index is 1.75. The van der Waals surface area contributed by atoms with Crippen LogP contribution < -0.4 is 10.1 Å². The second-order valence-corrected chi connectivity index (χ2v) is 7.87. The van der Waals surface area contributed by atoms with Gasteiger partial charge in [0.15, 0.2) is 0 Å². The van der Waals surface area contributed by atoms with E-state index < -0.39 is 0 Å². The van der Waals surface area contributed by atoms with Gasteiger partial charge < -0.3 is 15.0 Å². The molecule has 0 spiro atoms. The first-order valence-electron chi connectivity index (χ1n) is 9.57. The minimum absolute atomic E-state index is 0.00533. The zero-order chi connectivity index (χ0) is 19.2. The summed E-state index contributed by atoms with van der Waals surface area (Å²) in [6.45, 7) is 9.59. The van der Waals surface area contributed by atoms with Crippen molar-refractivity contribution >= 4 is 17.2 Å². The van der Waals surface area contributed by atoms with Gasteiger partial charge in [-0.05, 0) is 37.0 Å². The molecule has 3 rings (SSSR count). The van der Waals surface area contributed by atoms with Crippen molar-refractivity contribution in [3.05, 3.63) is 52.2 Å². The minimum atomic E-state index is -0.0892. The highest BCUT2D eigenvalue weighted by Gasteiger charge is 2.31. The zero-order valence-electron chi connectivity index (χ0n) is 16.4. The molecule has 2 aromatic rings. The van der Waals surface area contributed by atoms with Crippen LogP contribution in [0.15, 0.2) is 41.8 Å². The van der Waals surface area contributed by atoms with E-state index in [4.69, 9.17) is 4.74 Å². The molecule has 5 nitrogen and oxygen atoms in total. The maximum Gasteiger partial charge on any atom is 0.255 e. The summed E-state index contributed by atoms with van der Waals surface area (Å²) in [5.74, 6) is 0.514. The van der Waals surface area contributed by atoms with Crippen molar-refractivity contribution in [3.63, 3.8) is 0 Å². The van der Waals surface area contributed by atoms with Gasteiger partial charge in [0.05, 0.1) is 18.7 Å². The number of benzene rings is 1. The highest BCUT2D eigenvalue weighted by molar-refractivity contribution is 7.10. The lowest BCUT2D eigenvalue weighted by Crippen LogP contribution is -2.52. The average Bonchev–Trinajstić information content (AvgIpc) is 3.22. The molecule has 1 fully saturated rings. The molecule has 1 aromatic heterocycles. The quantitative estimate of drug-likeness (QED) is 0.792. The number of carbonyl (C=O) groups is 1. The first-order chi connectivity index (χ1) is 13.1. The maximum atomic E-state index is 12.9. The lowest BCUT2D eigenvalue weighted by atomic mass is 10.0. The van der Waals surface area contributed by atoms with Crippen LogP contribution in [0.5, 0.6) is 5.75 Å². The van der Waals surface area contributed by atoms with Gasteiger partial charge in [-0.2, -0.15) is 0 Å². The van der Waals surface area contributed by atoms with Gasteiger partial charge in [-0.25, -0.2) is 0 Å². The Morgan fingerprint density at radius 2 is 1.93 bits per heavy atom. The van der Waals surface area contributed by atoms with E-state index in [1.807, 2.05) is 18.2 Å². The number of amides is 1. The number of rotatable bonds is 7. The number of para-hydroxylation sites is 1. The zero-order valence-corrected chi connectivity index (χ0v) is 17.2. The Bertz CT molecular complexity index is 727. The third kappa shape index (κ3) is 4.69. The molecule has 2 heterocycles. The molecule has 6 heteroatoms. The molecule has 1 aliphatic rings. The Labute approximate surface area is 165 Å². The Morgan fingerprint density at radius 3 is 2.56 bits per heavy atom. The van der Waals surface area contributed by atoms with Crippen molar-refractivity contribution in [3.8, 4) is 5.75 Å². The third-order valence-electron chi connectivity index (χ3n) is 5.27. The number of methoxy groups -OCH3 is 1. The molecule has 0 unspecified atom stereocenters. The lowest BCUT2D eigenvalue weighted by molar-refractivity contribution is 0.0752. The number of nitrogens with one attached hydrogen (secondary N) is 1. The van der Waals surface area contributed by atoms with Gasteiger partial charge in [-0.3, -0.25) is 9.69 Å². The predicted octanol–water partition coefficient (Wildman–Crippen LogP) is 3.25. The van der Waals surface area contributed by atoms with Crippen molar-refractivity contribution in [1.82, 2.24) is 15.1 Å². The molecule has 1 N–H and O–H groups in total. The van der Waals surface area contributed by atoms with Crippen LogP contribution in [-0.4, -0.2) is 61.6 Å². The summed E-state index contributed by atoms with van der Waals surface area (Å²) in [5, 5.41) is 5.32. The monoisotopic (exact) mass is 387 g/mol. The van der Waals surface area contributed by atoms with Crippen molar-refractivity contribution in [2.75, 3.05) is 39.8 Å². The number of ether oxygens (including phenoxy) is 1. The van der Waals surface area contributed by atoms with E-state index in [1.165, 1.54) is 4.88 Å². The summed E-state index contributed by atoms with van der Waals surface area (Å²) in [6, 6.07) is 11.8. The standard InChI is InChI=1S/C21H29N3O2S/c1-4-23-11-13-24(14-12-23)20(19-10-7-15-27-19)16(2)22-21(25)17-8-5-6-9-18(17)26-3/h5-10,15-16,20H,4,11-14H2,1-3H3,(H,22,25)/t16-,20+/m0/s1. The minimum Gasteiger partial charge on any atom is -0.496 e. The van der Waals surface area contributed by atoms with Crippen molar-refractivity contribution in [1.29, 1.82) is 0 Å². The molecule has 1 amide bonds. The smallest absolute Gasteiger partial charge is 0.255 e. The fourth-order valence-electron chi connectivity index (χ4n) is 3.76. The predicted molar refractivity (Wildman–Crippen MR) is 111 cm³/mol. The first-order valence-corrected chi connectivity index (χ1v) is 10.5. The van der Waals surface area contributed by atoms with Crippen LogP contribution in [0.3, 0.4) is 0 Å². The van der Waals surface area contributed by atoms with Crippen LogP contribution in [0.1, 0.15) is 35.1 Å². The molecule has 146 valence electrons. The van der Waals surface area contributed by atoms with Gasteiger partial charge in [0.25, 0.3) is 5.91 Å². The van der Waals surface area contributed by atoms with Gasteiger partial charge in [-0.15, -0.1) is 11.3 Å². The number of carbonyl (C=O) groups excluding carboxylic acids is 1. The number of thiophene rings is 1. The number of hydrogen-bond donors (Lipinski definition) is 1. The normalized spacial score (nSPS) is 18.0. The van der Waals surface area contributed by atoms with E-state index in [0.717, 1.165) is 32.7 Å². The molecule has 0 aliphatic carbocycles. The molecular formula is C21H29N3O2S. The highest BCUT2D eigenvalue weighted by atomic mass is 32.1. The number of hydrogen-bond acceptors (Lipinski definition) is 5. The molecular weight excluding hydrogens is 358 g/mol. The van der Waals surface area contributed by atoms with Crippen molar-refractivity contribution < 1.29 is 9.53 Å². The Kier molecular flexibility index (Phi) is 6.88. The summed E-state index contributed by atoms with van der Waals surface area (Å²) < 4.78 is 5.35. The Morgan fingerprint density at radius 1 is 1.19 bits per heavy atom. The highest BCUT2D eigenvalue weighted by Crippen LogP contribution is 2.30. The fraction of sp³-hybridized carbons (Fsp3) is 0.476. The van der Waals surface area contributed by atoms with E-state index in [0.29, 0.717) is 11.3 Å². The van der Waals surface area contributed by atoms with Crippen LogP contribution in [0.25, 0.3) is 0 Å². The van der Waals surface area contributed by atoms with Gasteiger partial charge >= 0.3 is 0 Å². The molecule has 0 saturated carbocycles. The van der Waals surface area contributed by atoms with Crippen molar-refractivity contribution in [2.24, 2.45) is 0 Å². The van der Waals surface area contributed by atoms with Crippen molar-refractivity contribution in [2.45, 2.75) is 25.9 Å². The number of nitrogens with zero attached hydrogens (tertiary/aromatic N) is 2. The first kappa shape index (κ1) is 19.9. The number of piperazine rings is 1. The molecule has 1 aromatic carbocycles. The molecule has 2 atom stereocenters. The molecule has 27 heavy (non-hydrogen) atoms. The van der Waals surface area contributed by atoms with Crippen LogP contribution in [0, 0.1) is 0 Å². The van der Waals surface area contributed by atoms with Crippen LogP contribution >= 0.6 is 11.3 Å². The summed E-state index contributed by atoms with van der Waals surface area (Å²) in [7, 11) is 1.59. The summed E-state index contributed by atoms with van der Waals surface area (Å²) in [5.41, 5.74) is 0.576. The number of likely N-dealkylation sites (N-methyl/N-ethyl adjacent to an activating group) is 1. The van der Waals surface area contributed by atoms with Gasteiger partial charge in [0.1, 0.15) is 5.75 Å². The van der Waals surface area contributed by atoms with E-state index in [1.54, 1.807) is 24.5 Å². The third-order valence-corrected chi connectivity index (χ3v) is 6.21. The van der Waals surface area contributed by atoms with Crippen LogP contribution in [0.2, 0.25) is 0 Å². The average molecular weight is 388 g/mol. The molecule has 1 saturated heterocycles. The van der Waals surface area contributed by atoms with Gasteiger partial charge in [0, 0.05) is 37.1 Å². The summed E-state index contributed by atoms with van der Waals surface area (Å²) >= 11 is 1.76. The Hall–Kier alpha value is -1.89. The van der Waals surface area contributed by atoms with Crippen LogP contribution in [-0.2, 0) is 0 Å². The SMILES string of the molecule is CCN1CCN([C@@H](c2cccs2)[C@H](C)NC(=O)c2ccccc2OC)CC1. The van der Waals surface area contributed by atoms with Gasteiger partial charge in [-0.1, -0.05) is 25.1 Å². The maximum absolute atomic E-state index is 12.9. The van der Waals surface area contributed by atoms with E-state index in [2.05, 4.69) is 46.5 Å². The van der Waals surface area contributed by atoms with Crippen LogP contribution in [0.4, 0.5) is 0 Å². The van der Waals surface area contributed by atoms with E-state index in [9.17, 15) is 4.79 Å². The summed E-state index contributed by atoms with van der Waals surface area (Å²) in [4.78, 5) is 19.2.